The van der Waals surface area contributed by atoms with Gasteiger partial charge in [-0.2, -0.15) is 5.26 Å². The van der Waals surface area contributed by atoms with Crippen LogP contribution >= 0.6 is 0 Å². The Kier molecular flexibility index (Phi) is 8.47. The first-order valence-corrected chi connectivity index (χ1v) is 12.5. The number of nitrogens with zero attached hydrogens (tertiary/aromatic N) is 3. The molecule has 192 valence electrons. The highest BCUT2D eigenvalue weighted by Gasteiger charge is 2.36. The van der Waals surface area contributed by atoms with E-state index in [2.05, 4.69) is 22.9 Å². The molecule has 2 aromatic rings. The number of carbonyl (C=O) groups excluding carboxylic acids is 1. The third-order valence-corrected chi connectivity index (χ3v) is 7.42. The molecule has 0 spiro atoms. The lowest BCUT2D eigenvalue weighted by Crippen LogP contribution is -2.52. The van der Waals surface area contributed by atoms with Crippen LogP contribution in [-0.4, -0.2) is 67.6 Å². The Morgan fingerprint density at radius 3 is 2.42 bits per heavy atom. The van der Waals surface area contributed by atoms with E-state index in [-0.39, 0.29) is 29.8 Å². The lowest BCUT2D eigenvalue weighted by molar-refractivity contribution is -0.128. The van der Waals surface area contributed by atoms with Gasteiger partial charge in [0.05, 0.1) is 17.5 Å². The number of nitriles is 1. The summed E-state index contributed by atoms with van der Waals surface area (Å²) in [5.74, 6) is -2.16. The van der Waals surface area contributed by atoms with Crippen LogP contribution in [0.25, 0.3) is 11.1 Å². The van der Waals surface area contributed by atoms with Crippen LogP contribution in [0, 0.1) is 28.9 Å². The average molecular weight is 497 g/mol. The standard InChI is InChI=1S/C28H34F2N4O2/c1-33-8-10-34(11-9-33)19-20-2-4-22(5-3-20)24-17-25(29)23(16-26(24)30)14-21(18-31)15-27(35)28(32)6-12-36-13-7-28/h2-5,16-17,21H,6-15,19,32H2,1H3/t21-/m1/s1. The number of benzene rings is 2. The fourth-order valence-electron chi connectivity index (χ4n) is 4.89. The zero-order valence-electron chi connectivity index (χ0n) is 20.8. The number of hydrogen-bond acceptors (Lipinski definition) is 6. The molecule has 0 aromatic heterocycles. The second kappa shape index (κ2) is 11.6. The van der Waals surface area contributed by atoms with E-state index in [0.29, 0.717) is 31.6 Å². The third-order valence-electron chi connectivity index (χ3n) is 7.42. The van der Waals surface area contributed by atoms with E-state index < -0.39 is 23.1 Å². The number of piperazine rings is 1. The molecule has 0 radical (unpaired) electrons. The second-order valence-corrected chi connectivity index (χ2v) is 10.1. The lowest BCUT2D eigenvalue weighted by Gasteiger charge is -2.32. The number of ether oxygens (including phenoxy) is 1. The molecule has 2 fully saturated rings. The molecule has 36 heavy (non-hydrogen) atoms. The number of halogens is 2. The van der Waals surface area contributed by atoms with Gasteiger partial charge in [0.15, 0.2) is 5.78 Å². The Bertz CT molecular complexity index is 1100. The zero-order valence-corrected chi connectivity index (χ0v) is 20.8. The van der Waals surface area contributed by atoms with Crippen LogP contribution in [0.4, 0.5) is 8.78 Å². The molecule has 0 saturated carbocycles. The van der Waals surface area contributed by atoms with Crippen molar-refractivity contribution < 1.29 is 18.3 Å². The Labute approximate surface area is 211 Å². The van der Waals surface area contributed by atoms with Crippen LogP contribution < -0.4 is 5.73 Å². The van der Waals surface area contributed by atoms with Gasteiger partial charge in [-0.1, -0.05) is 24.3 Å². The number of hydrogen-bond donors (Lipinski definition) is 1. The Morgan fingerprint density at radius 1 is 1.11 bits per heavy atom. The predicted molar refractivity (Wildman–Crippen MR) is 134 cm³/mol. The molecular formula is C28H34F2N4O2. The topological polar surface area (TPSA) is 82.6 Å². The molecule has 2 aliphatic heterocycles. The summed E-state index contributed by atoms with van der Waals surface area (Å²) in [6, 6.07) is 11.9. The van der Waals surface area contributed by atoms with Gasteiger partial charge in [0.1, 0.15) is 11.6 Å². The minimum Gasteiger partial charge on any atom is -0.381 e. The molecule has 2 saturated heterocycles. The van der Waals surface area contributed by atoms with Gasteiger partial charge in [-0.05, 0) is 55.1 Å². The van der Waals surface area contributed by atoms with Crippen LogP contribution in [0.2, 0.25) is 0 Å². The number of Topliss-reactive ketones (excluding diaryl/α,β-unsaturated/α-hetero) is 1. The van der Waals surface area contributed by atoms with Gasteiger partial charge in [0, 0.05) is 57.9 Å². The highest BCUT2D eigenvalue weighted by molar-refractivity contribution is 5.88. The third kappa shape index (κ3) is 6.34. The van der Waals surface area contributed by atoms with Crippen molar-refractivity contribution in [1.29, 1.82) is 5.26 Å². The van der Waals surface area contributed by atoms with Crippen molar-refractivity contribution in [3.8, 4) is 17.2 Å². The lowest BCUT2D eigenvalue weighted by atomic mass is 9.81. The summed E-state index contributed by atoms with van der Waals surface area (Å²) in [4.78, 5) is 17.4. The zero-order chi connectivity index (χ0) is 25.7. The highest BCUT2D eigenvalue weighted by atomic mass is 19.1. The van der Waals surface area contributed by atoms with Gasteiger partial charge in [-0.15, -0.1) is 0 Å². The number of ketones is 1. The molecule has 0 amide bonds. The molecule has 0 bridgehead atoms. The van der Waals surface area contributed by atoms with E-state index in [4.69, 9.17) is 10.5 Å². The number of nitrogens with two attached hydrogens (primary N) is 1. The van der Waals surface area contributed by atoms with Gasteiger partial charge in [-0.25, -0.2) is 8.78 Å². The van der Waals surface area contributed by atoms with Gasteiger partial charge >= 0.3 is 0 Å². The maximum Gasteiger partial charge on any atom is 0.154 e. The molecule has 6 nitrogen and oxygen atoms in total. The van der Waals surface area contributed by atoms with E-state index in [9.17, 15) is 14.4 Å². The Morgan fingerprint density at radius 2 is 1.78 bits per heavy atom. The Hall–Kier alpha value is -2.70. The van der Waals surface area contributed by atoms with Crippen LogP contribution in [0.3, 0.4) is 0 Å². The summed E-state index contributed by atoms with van der Waals surface area (Å²) < 4.78 is 35.3. The molecule has 0 unspecified atom stereocenters. The molecular weight excluding hydrogens is 462 g/mol. The van der Waals surface area contributed by atoms with Crippen molar-refractivity contribution in [3.63, 3.8) is 0 Å². The van der Waals surface area contributed by atoms with E-state index in [1.807, 2.05) is 24.3 Å². The number of carbonyl (C=O) groups is 1. The maximum absolute atomic E-state index is 15.0. The average Bonchev–Trinajstić information content (AvgIpc) is 2.88. The minimum atomic E-state index is -1.02. The fraction of sp³-hybridized carbons (Fsp3) is 0.500. The van der Waals surface area contributed by atoms with Crippen molar-refractivity contribution in [2.75, 3.05) is 46.4 Å². The number of likely N-dealkylation sites (N-methyl/N-ethyl adjacent to an activating group) is 1. The molecule has 2 N–H and O–H groups in total. The van der Waals surface area contributed by atoms with Crippen molar-refractivity contribution in [1.82, 2.24) is 9.80 Å². The van der Waals surface area contributed by atoms with Crippen molar-refractivity contribution in [2.45, 2.75) is 37.8 Å². The first kappa shape index (κ1) is 26.4. The molecule has 4 rings (SSSR count). The van der Waals surface area contributed by atoms with E-state index in [0.717, 1.165) is 44.4 Å². The number of rotatable bonds is 8. The molecule has 2 aliphatic rings. The Balaban J connectivity index is 1.41. The van der Waals surface area contributed by atoms with Crippen molar-refractivity contribution >= 4 is 5.78 Å². The minimum absolute atomic E-state index is 0.0538. The smallest absolute Gasteiger partial charge is 0.154 e. The van der Waals surface area contributed by atoms with E-state index >= 15 is 4.39 Å². The van der Waals surface area contributed by atoms with Crippen molar-refractivity contribution in [3.05, 3.63) is 59.2 Å². The fourth-order valence-corrected chi connectivity index (χ4v) is 4.89. The van der Waals surface area contributed by atoms with Gasteiger partial charge < -0.3 is 15.4 Å². The summed E-state index contributed by atoms with van der Waals surface area (Å²) >= 11 is 0. The SMILES string of the molecule is CN1CCN(Cc2ccc(-c3cc(F)c(C[C@@H](C#N)CC(=O)C4(N)CCOCC4)cc3F)cc2)CC1. The van der Waals surface area contributed by atoms with E-state index in [1.54, 1.807) is 0 Å². The van der Waals surface area contributed by atoms with Gasteiger partial charge in [-0.3, -0.25) is 9.69 Å². The van der Waals surface area contributed by atoms with Crippen molar-refractivity contribution in [2.24, 2.45) is 11.7 Å². The first-order valence-electron chi connectivity index (χ1n) is 12.5. The maximum atomic E-state index is 15.0. The predicted octanol–water partition coefficient (Wildman–Crippen LogP) is 3.53. The monoisotopic (exact) mass is 496 g/mol. The van der Waals surface area contributed by atoms with Crippen LogP contribution in [0.15, 0.2) is 36.4 Å². The molecule has 2 heterocycles. The highest BCUT2D eigenvalue weighted by Crippen LogP contribution is 2.29. The molecule has 1 atom stereocenters. The summed E-state index contributed by atoms with van der Waals surface area (Å²) in [7, 11) is 2.12. The quantitative estimate of drug-likeness (QED) is 0.602. The second-order valence-electron chi connectivity index (χ2n) is 10.1. The summed E-state index contributed by atoms with van der Waals surface area (Å²) in [6.07, 6.45) is 0.651. The molecule has 0 aliphatic carbocycles. The summed E-state index contributed by atoms with van der Waals surface area (Å²) in [5.41, 5.74) is 7.19. The molecule has 2 aromatic carbocycles. The van der Waals surface area contributed by atoms with Crippen LogP contribution in [0.1, 0.15) is 30.4 Å². The van der Waals surface area contributed by atoms with E-state index in [1.165, 1.54) is 6.07 Å². The molecule has 8 heteroatoms. The van der Waals surface area contributed by atoms with Crippen LogP contribution in [-0.2, 0) is 22.5 Å². The summed E-state index contributed by atoms with van der Waals surface area (Å²) in [6.45, 7) is 5.73. The van der Waals surface area contributed by atoms with Gasteiger partial charge in [0.25, 0.3) is 0 Å². The normalized spacial score (nSPS) is 19.5. The van der Waals surface area contributed by atoms with Crippen LogP contribution in [0.5, 0.6) is 0 Å². The first-order chi connectivity index (χ1) is 17.3. The van der Waals surface area contributed by atoms with Gasteiger partial charge in [0.2, 0.25) is 0 Å². The summed E-state index contributed by atoms with van der Waals surface area (Å²) in [5, 5.41) is 9.58. The largest absolute Gasteiger partial charge is 0.381 e.